The van der Waals surface area contributed by atoms with E-state index in [1.54, 1.807) is 7.11 Å². The van der Waals surface area contributed by atoms with Crippen LogP contribution >= 0.6 is 11.3 Å². The number of anilines is 1. The second-order valence-corrected chi connectivity index (χ2v) is 5.08. The molecule has 7 heteroatoms. The number of nitrogens with zero attached hydrogens (tertiary/aromatic N) is 2. The Balaban J connectivity index is 3.04. The summed E-state index contributed by atoms with van der Waals surface area (Å²) in [6, 6.07) is 0.137. The SMILES string of the molecule is CCN(c1nc(COC)c(C(=O)O)s1)C(C)COC. The Morgan fingerprint density at radius 3 is 2.63 bits per heavy atom. The first-order valence-electron chi connectivity index (χ1n) is 6.02. The van der Waals surface area contributed by atoms with E-state index in [9.17, 15) is 9.90 Å². The van der Waals surface area contributed by atoms with Crippen LogP contribution in [0.1, 0.15) is 29.2 Å². The van der Waals surface area contributed by atoms with Crippen molar-refractivity contribution >= 4 is 22.4 Å². The topological polar surface area (TPSA) is 71.9 Å². The first kappa shape index (κ1) is 15.9. The molecule has 1 N–H and O–H groups in total. The van der Waals surface area contributed by atoms with Crippen LogP contribution in [0.15, 0.2) is 0 Å². The molecule has 1 atom stereocenters. The summed E-state index contributed by atoms with van der Waals surface area (Å²) in [5.74, 6) is -0.966. The van der Waals surface area contributed by atoms with Gasteiger partial charge in [-0.1, -0.05) is 11.3 Å². The number of hydrogen-bond donors (Lipinski definition) is 1. The van der Waals surface area contributed by atoms with E-state index in [-0.39, 0.29) is 17.5 Å². The minimum atomic E-state index is -0.966. The number of aromatic carboxylic acids is 1. The summed E-state index contributed by atoms with van der Waals surface area (Å²) in [5.41, 5.74) is 0.470. The number of carbonyl (C=O) groups is 1. The average molecular weight is 288 g/mol. The van der Waals surface area contributed by atoms with Crippen LogP contribution in [0.2, 0.25) is 0 Å². The Hall–Kier alpha value is -1.18. The average Bonchev–Trinajstić information content (AvgIpc) is 2.75. The summed E-state index contributed by atoms with van der Waals surface area (Å²) in [5, 5.41) is 9.86. The third-order valence-corrected chi connectivity index (χ3v) is 3.81. The van der Waals surface area contributed by atoms with Gasteiger partial charge in [0, 0.05) is 20.8 Å². The molecule has 0 saturated heterocycles. The van der Waals surface area contributed by atoms with Gasteiger partial charge in [0.15, 0.2) is 5.13 Å². The Bertz CT molecular complexity index is 422. The van der Waals surface area contributed by atoms with Gasteiger partial charge in [0.1, 0.15) is 4.88 Å². The highest BCUT2D eigenvalue weighted by Crippen LogP contribution is 2.28. The predicted octanol–water partition coefficient (Wildman–Crippen LogP) is 1.85. The first-order chi connectivity index (χ1) is 9.04. The maximum absolute atomic E-state index is 11.2. The minimum absolute atomic E-state index is 0.137. The van der Waals surface area contributed by atoms with Gasteiger partial charge in [-0.05, 0) is 13.8 Å². The normalized spacial score (nSPS) is 12.4. The molecule has 0 aliphatic rings. The van der Waals surface area contributed by atoms with Gasteiger partial charge in [-0.25, -0.2) is 9.78 Å². The number of carboxylic acid groups (broad SMARTS) is 1. The van der Waals surface area contributed by atoms with Crippen molar-refractivity contribution in [3.63, 3.8) is 0 Å². The lowest BCUT2D eigenvalue weighted by Crippen LogP contribution is -2.36. The van der Waals surface area contributed by atoms with Crippen LogP contribution in [-0.4, -0.2) is 49.5 Å². The largest absolute Gasteiger partial charge is 0.477 e. The minimum Gasteiger partial charge on any atom is -0.477 e. The summed E-state index contributed by atoms with van der Waals surface area (Å²) in [6.45, 7) is 5.53. The van der Waals surface area contributed by atoms with Gasteiger partial charge in [0.25, 0.3) is 0 Å². The molecule has 0 fully saturated rings. The fourth-order valence-electron chi connectivity index (χ4n) is 1.83. The van der Waals surface area contributed by atoms with Gasteiger partial charge in [-0.2, -0.15) is 0 Å². The van der Waals surface area contributed by atoms with Crippen molar-refractivity contribution in [3.8, 4) is 0 Å². The van der Waals surface area contributed by atoms with E-state index in [0.29, 0.717) is 17.4 Å². The molecule has 0 radical (unpaired) electrons. The molecule has 0 saturated carbocycles. The molecular weight excluding hydrogens is 268 g/mol. The summed E-state index contributed by atoms with van der Waals surface area (Å²) < 4.78 is 10.1. The number of likely N-dealkylation sites (N-methyl/N-ethyl adjacent to an activating group) is 1. The van der Waals surface area contributed by atoms with E-state index in [2.05, 4.69) is 4.98 Å². The van der Waals surface area contributed by atoms with E-state index >= 15 is 0 Å². The second-order valence-electron chi connectivity index (χ2n) is 4.10. The lowest BCUT2D eigenvalue weighted by molar-refractivity contribution is 0.0697. The standard InChI is InChI=1S/C12H20N2O4S/c1-5-14(8(2)6-17-3)12-13-9(7-18-4)10(19-12)11(15)16/h8H,5-7H2,1-4H3,(H,15,16). The molecule has 0 bridgehead atoms. The number of aromatic nitrogens is 1. The van der Waals surface area contributed by atoms with Gasteiger partial charge in [-0.3, -0.25) is 0 Å². The Labute approximate surface area is 117 Å². The highest BCUT2D eigenvalue weighted by molar-refractivity contribution is 7.17. The zero-order chi connectivity index (χ0) is 14.4. The van der Waals surface area contributed by atoms with Crippen LogP contribution < -0.4 is 4.90 Å². The van der Waals surface area contributed by atoms with E-state index in [0.717, 1.165) is 6.54 Å². The van der Waals surface area contributed by atoms with E-state index < -0.39 is 5.97 Å². The quantitative estimate of drug-likeness (QED) is 0.787. The van der Waals surface area contributed by atoms with Crippen LogP contribution in [0.3, 0.4) is 0 Å². The predicted molar refractivity (Wildman–Crippen MR) is 74.1 cm³/mol. The number of hydrogen-bond acceptors (Lipinski definition) is 6. The number of rotatable bonds is 8. The molecule has 1 aromatic rings. The van der Waals surface area contributed by atoms with Crippen molar-refractivity contribution in [2.75, 3.05) is 32.3 Å². The summed E-state index contributed by atoms with van der Waals surface area (Å²) >= 11 is 1.17. The highest BCUT2D eigenvalue weighted by Gasteiger charge is 2.22. The fourth-order valence-corrected chi connectivity index (χ4v) is 2.90. The van der Waals surface area contributed by atoms with Gasteiger partial charge in [-0.15, -0.1) is 0 Å². The molecule has 19 heavy (non-hydrogen) atoms. The summed E-state index contributed by atoms with van der Waals surface area (Å²) in [4.78, 5) is 17.8. The summed E-state index contributed by atoms with van der Waals surface area (Å²) in [7, 11) is 3.17. The third-order valence-electron chi connectivity index (χ3n) is 2.69. The fraction of sp³-hybridized carbons (Fsp3) is 0.667. The lowest BCUT2D eigenvalue weighted by atomic mass is 10.3. The van der Waals surface area contributed by atoms with E-state index in [4.69, 9.17) is 9.47 Å². The number of methoxy groups -OCH3 is 2. The lowest BCUT2D eigenvalue weighted by Gasteiger charge is -2.26. The van der Waals surface area contributed by atoms with Crippen LogP contribution in [0.5, 0.6) is 0 Å². The number of carboxylic acids is 1. The molecule has 108 valence electrons. The molecule has 6 nitrogen and oxygen atoms in total. The van der Waals surface area contributed by atoms with Crippen molar-refractivity contribution in [2.24, 2.45) is 0 Å². The molecule has 1 heterocycles. The Kier molecular flexibility index (Phi) is 6.20. The maximum Gasteiger partial charge on any atom is 0.347 e. The van der Waals surface area contributed by atoms with Gasteiger partial charge in [0.2, 0.25) is 0 Å². The van der Waals surface area contributed by atoms with Crippen LogP contribution in [-0.2, 0) is 16.1 Å². The zero-order valence-corrected chi connectivity index (χ0v) is 12.5. The molecule has 1 aromatic heterocycles. The molecule has 1 rings (SSSR count). The van der Waals surface area contributed by atoms with Crippen molar-refractivity contribution < 1.29 is 19.4 Å². The highest BCUT2D eigenvalue weighted by atomic mass is 32.1. The first-order valence-corrected chi connectivity index (χ1v) is 6.84. The van der Waals surface area contributed by atoms with Crippen molar-refractivity contribution in [3.05, 3.63) is 10.6 Å². The number of thiazole rings is 1. The zero-order valence-electron chi connectivity index (χ0n) is 11.7. The van der Waals surface area contributed by atoms with Crippen molar-refractivity contribution in [1.29, 1.82) is 0 Å². The molecule has 0 aromatic carbocycles. The van der Waals surface area contributed by atoms with Crippen LogP contribution in [0.25, 0.3) is 0 Å². The molecular formula is C12H20N2O4S. The molecule has 0 amide bonds. The maximum atomic E-state index is 11.2. The molecule has 0 aliphatic heterocycles. The van der Waals surface area contributed by atoms with E-state index in [1.807, 2.05) is 18.7 Å². The monoisotopic (exact) mass is 288 g/mol. The molecule has 1 unspecified atom stereocenters. The van der Waals surface area contributed by atoms with Gasteiger partial charge in [0.05, 0.1) is 24.9 Å². The number of ether oxygens (including phenoxy) is 2. The molecule has 0 spiro atoms. The van der Waals surface area contributed by atoms with Gasteiger partial charge >= 0.3 is 5.97 Å². The Morgan fingerprint density at radius 2 is 2.16 bits per heavy atom. The smallest absolute Gasteiger partial charge is 0.347 e. The van der Waals surface area contributed by atoms with Crippen LogP contribution in [0, 0.1) is 0 Å². The van der Waals surface area contributed by atoms with E-state index in [1.165, 1.54) is 18.4 Å². The third kappa shape index (κ3) is 3.89. The van der Waals surface area contributed by atoms with Gasteiger partial charge < -0.3 is 19.5 Å². The van der Waals surface area contributed by atoms with Crippen LogP contribution in [0.4, 0.5) is 5.13 Å². The summed E-state index contributed by atoms with van der Waals surface area (Å²) in [6.07, 6.45) is 0. The van der Waals surface area contributed by atoms with Crippen molar-refractivity contribution in [2.45, 2.75) is 26.5 Å². The van der Waals surface area contributed by atoms with Crippen molar-refractivity contribution in [1.82, 2.24) is 4.98 Å². The molecule has 0 aliphatic carbocycles. The second kappa shape index (κ2) is 7.42. The Morgan fingerprint density at radius 1 is 1.47 bits per heavy atom.